The van der Waals surface area contributed by atoms with Crippen molar-refractivity contribution in [1.82, 2.24) is 5.43 Å². The molecular weight excluding hydrogens is 537 g/mol. The standard InChI is InChI=1S/C24H30IN3O5/c1-14(2)21(23(29)27-17-7-9-18(31-5)10-8-17)24(30)28-26-13-16-11-19(25)22(33-15(3)4)20(12-16)32-6/h7-15,21H,1-6H3,(H,27,29)(H,28,30). The van der Waals surface area contributed by atoms with E-state index >= 15 is 0 Å². The van der Waals surface area contributed by atoms with Crippen molar-refractivity contribution in [3.63, 3.8) is 0 Å². The molecule has 0 bridgehead atoms. The zero-order chi connectivity index (χ0) is 24.5. The van der Waals surface area contributed by atoms with Gasteiger partial charge < -0.3 is 19.5 Å². The molecular formula is C24H30IN3O5. The highest BCUT2D eigenvalue weighted by molar-refractivity contribution is 14.1. The number of anilines is 1. The Bertz CT molecular complexity index is 990. The SMILES string of the molecule is COc1ccc(NC(=O)C(C(=O)NN=Cc2cc(I)c(OC(C)C)c(OC)c2)C(C)C)cc1. The van der Waals surface area contributed by atoms with Gasteiger partial charge in [-0.05, 0) is 84.3 Å². The third-order valence-corrected chi connectivity index (χ3v) is 5.38. The molecule has 0 saturated heterocycles. The van der Waals surface area contributed by atoms with Crippen LogP contribution in [0.3, 0.4) is 0 Å². The van der Waals surface area contributed by atoms with Crippen molar-refractivity contribution in [3.8, 4) is 17.2 Å². The maximum atomic E-state index is 12.8. The van der Waals surface area contributed by atoms with E-state index in [-0.39, 0.29) is 12.0 Å². The number of halogens is 1. The zero-order valence-electron chi connectivity index (χ0n) is 19.6. The second-order valence-electron chi connectivity index (χ2n) is 7.87. The van der Waals surface area contributed by atoms with Crippen molar-refractivity contribution in [1.29, 1.82) is 0 Å². The lowest BCUT2D eigenvalue weighted by Crippen LogP contribution is -2.39. The summed E-state index contributed by atoms with van der Waals surface area (Å²) in [5, 5.41) is 6.81. The molecule has 2 aromatic rings. The first-order valence-electron chi connectivity index (χ1n) is 10.5. The second kappa shape index (κ2) is 12.4. The number of carbonyl (C=O) groups excluding carboxylic acids is 2. The van der Waals surface area contributed by atoms with Gasteiger partial charge in [0.15, 0.2) is 11.5 Å². The van der Waals surface area contributed by atoms with Crippen LogP contribution in [0.15, 0.2) is 41.5 Å². The van der Waals surface area contributed by atoms with E-state index < -0.39 is 17.7 Å². The molecule has 2 N–H and O–H groups in total. The topological polar surface area (TPSA) is 98.2 Å². The predicted octanol–water partition coefficient (Wildman–Crippen LogP) is 4.46. The maximum Gasteiger partial charge on any atom is 0.252 e. The summed E-state index contributed by atoms with van der Waals surface area (Å²) in [7, 11) is 3.13. The molecule has 8 nitrogen and oxygen atoms in total. The smallest absolute Gasteiger partial charge is 0.252 e. The molecule has 0 fully saturated rings. The average Bonchev–Trinajstić information content (AvgIpc) is 2.75. The molecule has 0 aliphatic carbocycles. The Balaban J connectivity index is 2.09. The Morgan fingerprint density at radius 1 is 1.00 bits per heavy atom. The number of amides is 2. The van der Waals surface area contributed by atoms with E-state index in [4.69, 9.17) is 14.2 Å². The minimum atomic E-state index is -0.916. The summed E-state index contributed by atoms with van der Waals surface area (Å²) in [6, 6.07) is 10.5. The number of nitrogens with one attached hydrogen (secondary N) is 2. The summed E-state index contributed by atoms with van der Waals surface area (Å²) in [6.45, 7) is 7.50. The first kappa shape index (κ1) is 26.4. The normalized spacial score (nSPS) is 12.0. The van der Waals surface area contributed by atoms with Crippen LogP contribution in [-0.2, 0) is 9.59 Å². The van der Waals surface area contributed by atoms with Crippen molar-refractivity contribution in [2.45, 2.75) is 33.8 Å². The third-order valence-electron chi connectivity index (χ3n) is 4.58. The molecule has 2 rings (SSSR count). The highest BCUT2D eigenvalue weighted by atomic mass is 127. The maximum absolute atomic E-state index is 12.8. The summed E-state index contributed by atoms with van der Waals surface area (Å²) in [6.07, 6.45) is 1.50. The van der Waals surface area contributed by atoms with Gasteiger partial charge in [0.2, 0.25) is 5.91 Å². The number of carbonyl (C=O) groups is 2. The fraction of sp³-hybridized carbons (Fsp3) is 0.375. The van der Waals surface area contributed by atoms with Crippen LogP contribution in [-0.4, -0.2) is 38.4 Å². The lowest BCUT2D eigenvalue weighted by atomic mass is 9.94. The third kappa shape index (κ3) is 7.62. The Hall–Kier alpha value is -2.82. The molecule has 9 heteroatoms. The van der Waals surface area contributed by atoms with Crippen LogP contribution in [0.5, 0.6) is 17.2 Å². The quantitative estimate of drug-likeness (QED) is 0.191. The van der Waals surface area contributed by atoms with Gasteiger partial charge in [-0.1, -0.05) is 13.8 Å². The molecule has 0 aliphatic heterocycles. The molecule has 178 valence electrons. The molecule has 2 amide bonds. The Labute approximate surface area is 208 Å². The van der Waals surface area contributed by atoms with Crippen molar-refractivity contribution >= 4 is 46.3 Å². The first-order valence-corrected chi connectivity index (χ1v) is 11.6. The molecule has 0 radical (unpaired) electrons. The van der Waals surface area contributed by atoms with Crippen LogP contribution in [0.4, 0.5) is 5.69 Å². The molecule has 0 aliphatic rings. The van der Waals surface area contributed by atoms with E-state index in [9.17, 15) is 9.59 Å². The van der Waals surface area contributed by atoms with Crippen molar-refractivity contribution < 1.29 is 23.8 Å². The predicted molar refractivity (Wildman–Crippen MR) is 137 cm³/mol. The fourth-order valence-electron chi connectivity index (χ4n) is 3.02. The van der Waals surface area contributed by atoms with Crippen LogP contribution in [0.25, 0.3) is 0 Å². The van der Waals surface area contributed by atoms with Gasteiger partial charge in [-0.15, -0.1) is 0 Å². The number of ether oxygens (including phenoxy) is 3. The van der Waals surface area contributed by atoms with Gasteiger partial charge in [-0.3, -0.25) is 9.59 Å². The van der Waals surface area contributed by atoms with Gasteiger partial charge in [0.05, 0.1) is 30.1 Å². The van der Waals surface area contributed by atoms with Gasteiger partial charge in [-0.2, -0.15) is 5.10 Å². The lowest BCUT2D eigenvalue weighted by molar-refractivity contribution is -0.134. The average molecular weight is 567 g/mol. The van der Waals surface area contributed by atoms with Crippen LogP contribution >= 0.6 is 22.6 Å². The van der Waals surface area contributed by atoms with Crippen molar-refractivity contribution in [2.24, 2.45) is 16.9 Å². The molecule has 1 atom stereocenters. The molecule has 0 heterocycles. The van der Waals surface area contributed by atoms with Gasteiger partial charge in [-0.25, -0.2) is 5.43 Å². The lowest BCUT2D eigenvalue weighted by Gasteiger charge is -2.18. The Morgan fingerprint density at radius 2 is 1.67 bits per heavy atom. The molecule has 33 heavy (non-hydrogen) atoms. The number of benzene rings is 2. The summed E-state index contributed by atoms with van der Waals surface area (Å²) in [5.41, 5.74) is 3.77. The molecule has 2 aromatic carbocycles. The summed E-state index contributed by atoms with van der Waals surface area (Å²) >= 11 is 2.16. The summed E-state index contributed by atoms with van der Waals surface area (Å²) in [5.74, 6) is -0.141. The van der Waals surface area contributed by atoms with E-state index in [1.54, 1.807) is 44.6 Å². The van der Waals surface area contributed by atoms with Crippen molar-refractivity contribution in [3.05, 3.63) is 45.5 Å². The van der Waals surface area contributed by atoms with Gasteiger partial charge in [0.1, 0.15) is 11.7 Å². The number of hydrazone groups is 1. The van der Waals surface area contributed by atoms with E-state index in [2.05, 4.69) is 38.4 Å². The highest BCUT2D eigenvalue weighted by Gasteiger charge is 2.30. The highest BCUT2D eigenvalue weighted by Crippen LogP contribution is 2.34. The second-order valence-corrected chi connectivity index (χ2v) is 9.04. The monoisotopic (exact) mass is 567 g/mol. The number of nitrogens with zero attached hydrogens (tertiary/aromatic N) is 1. The molecule has 1 unspecified atom stereocenters. The van der Waals surface area contributed by atoms with E-state index in [1.807, 2.05) is 33.8 Å². The Kier molecular flexibility index (Phi) is 9.95. The van der Waals surface area contributed by atoms with E-state index in [0.717, 1.165) is 9.13 Å². The first-order chi connectivity index (χ1) is 15.7. The number of hydrogen-bond acceptors (Lipinski definition) is 6. The molecule has 0 aromatic heterocycles. The van der Waals surface area contributed by atoms with Crippen LogP contribution in [0, 0.1) is 15.4 Å². The zero-order valence-corrected chi connectivity index (χ0v) is 21.8. The minimum absolute atomic E-state index is 0.00301. The number of methoxy groups -OCH3 is 2. The minimum Gasteiger partial charge on any atom is -0.497 e. The van der Waals surface area contributed by atoms with E-state index in [0.29, 0.717) is 22.9 Å². The van der Waals surface area contributed by atoms with Crippen LogP contribution in [0.1, 0.15) is 33.3 Å². The van der Waals surface area contributed by atoms with Crippen LogP contribution < -0.4 is 25.0 Å². The summed E-state index contributed by atoms with van der Waals surface area (Å²) < 4.78 is 17.2. The molecule has 0 spiro atoms. The fourth-order valence-corrected chi connectivity index (χ4v) is 3.78. The van der Waals surface area contributed by atoms with Gasteiger partial charge >= 0.3 is 0 Å². The van der Waals surface area contributed by atoms with Gasteiger partial charge in [0.25, 0.3) is 5.91 Å². The number of hydrogen-bond donors (Lipinski definition) is 2. The van der Waals surface area contributed by atoms with Crippen molar-refractivity contribution in [2.75, 3.05) is 19.5 Å². The van der Waals surface area contributed by atoms with Gasteiger partial charge in [0, 0.05) is 5.69 Å². The number of rotatable bonds is 10. The van der Waals surface area contributed by atoms with E-state index in [1.165, 1.54) is 6.21 Å². The summed E-state index contributed by atoms with van der Waals surface area (Å²) in [4.78, 5) is 25.5. The Morgan fingerprint density at radius 3 is 2.21 bits per heavy atom. The largest absolute Gasteiger partial charge is 0.497 e. The molecule has 0 saturated carbocycles. The van der Waals surface area contributed by atoms with Crippen LogP contribution in [0.2, 0.25) is 0 Å².